The Balaban J connectivity index is 2.67. The van der Waals surface area contributed by atoms with Gasteiger partial charge in [0.15, 0.2) is 0 Å². The first-order valence-corrected chi connectivity index (χ1v) is 5.19. The van der Waals surface area contributed by atoms with E-state index in [9.17, 15) is 24.8 Å². The third-order valence-corrected chi connectivity index (χ3v) is 2.31. The molecular weight excluding hydrogens is 240 g/mol. The van der Waals surface area contributed by atoms with Crippen LogP contribution in [0.4, 0.5) is 5.69 Å². The quantitative estimate of drug-likeness (QED) is 0.359. The van der Waals surface area contributed by atoms with Crippen molar-refractivity contribution in [1.29, 1.82) is 0 Å². The maximum Gasteiger partial charge on any atom is 0.269 e. The number of nitrogens with zero attached hydrogens (tertiary/aromatic N) is 1. The molecule has 0 amide bonds. The van der Waals surface area contributed by atoms with E-state index in [-0.39, 0.29) is 24.6 Å². The van der Waals surface area contributed by atoms with Crippen LogP contribution in [0.2, 0.25) is 0 Å². The summed E-state index contributed by atoms with van der Waals surface area (Å²) in [5, 5.41) is 20.8. The lowest BCUT2D eigenvalue weighted by Gasteiger charge is -2.13. The Hall–Kier alpha value is -2.28. The standard InChI is InChI=1S/C11H12N2O5/c1-12(7-11(15)16)6-10(14)8-2-4-9(5-3-8)13(17)18/h2-5H,6-7H2,1H3,(H,15,16). The first kappa shape index (κ1) is 13.8. The summed E-state index contributed by atoms with van der Waals surface area (Å²) in [6.07, 6.45) is 0. The van der Waals surface area contributed by atoms with E-state index in [4.69, 9.17) is 0 Å². The third-order valence-electron chi connectivity index (χ3n) is 2.31. The first-order valence-electron chi connectivity index (χ1n) is 5.19. The molecule has 0 bridgehead atoms. The molecule has 1 N–H and O–H groups in total. The van der Waals surface area contributed by atoms with Gasteiger partial charge in [-0.25, -0.2) is 0 Å². The summed E-state index contributed by atoms with van der Waals surface area (Å²) in [5.41, 5.74) is 0.222. The van der Waals surface area contributed by atoms with Crippen LogP contribution in [-0.2, 0) is 4.79 Å². The summed E-state index contributed by atoms with van der Waals surface area (Å²) < 4.78 is 0. The lowest BCUT2D eigenvalue weighted by molar-refractivity contribution is -0.864. The number of likely N-dealkylation sites (N-methyl/N-ethyl adjacent to an activating group) is 1. The van der Waals surface area contributed by atoms with Gasteiger partial charge in [-0.3, -0.25) is 14.9 Å². The van der Waals surface area contributed by atoms with Crippen LogP contribution in [0.3, 0.4) is 0 Å². The Morgan fingerprint density at radius 2 is 1.78 bits per heavy atom. The van der Waals surface area contributed by atoms with Crippen molar-refractivity contribution in [3.05, 3.63) is 39.9 Å². The topological polar surface area (TPSA) is 105 Å². The van der Waals surface area contributed by atoms with Crippen molar-refractivity contribution in [3.8, 4) is 0 Å². The average Bonchev–Trinajstić information content (AvgIpc) is 2.27. The van der Waals surface area contributed by atoms with E-state index in [1.807, 2.05) is 0 Å². The molecule has 0 fully saturated rings. The maximum atomic E-state index is 11.7. The summed E-state index contributed by atoms with van der Waals surface area (Å²) in [5.74, 6) is -1.51. The van der Waals surface area contributed by atoms with Gasteiger partial charge in [-0.05, 0) is 12.1 Å². The van der Waals surface area contributed by atoms with Crippen LogP contribution in [0.25, 0.3) is 0 Å². The fourth-order valence-corrected chi connectivity index (χ4v) is 1.45. The predicted molar refractivity (Wildman–Crippen MR) is 59.1 cm³/mol. The Labute approximate surface area is 103 Å². The average molecular weight is 252 g/mol. The van der Waals surface area contributed by atoms with Crippen molar-refractivity contribution in [1.82, 2.24) is 0 Å². The van der Waals surface area contributed by atoms with E-state index in [0.29, 0.717) is 10.5 Å². The molecule has 96 valence electrons. The number of Topliss-reactive ketones (excluding diaryl/α,β-unsaturated/α-hetero) is 1. The Morgan fingerprint density at radius 3 is 2.22 bits per heavy atom. The number of ketones is 1. The number of rotatable bonds is 6. The number of non-ortho nitro benzene ring substituents is 1. The molecule has 1 atom stereocenters. The van der Waals surface area contributed by atoms with E-state index >= 15 is 0 Å². The monoisotopic (exact) mass is 252 g/mol. The fourth-order valence-electron chi connectivity index (χ4n) is 1.45. The second-order valence-electron chi connectivity index (χ2n) is 3.91. The van der Waals surface area contributed by atoms with Crippen LogP contribution in [0.1, 0.15) is 10.4 Å². The SMILES string of the molecule is C[NH+](CC(=O)[O-])CC(=O)c1ccc([N+](=O)[O-])cc1. The highest BCUT2D eigenvalue weighted by molar-refractivity contribution is 5.97. The lowest BCUT2D eigenvalue weighted by atomic mass is 10.1. The zero-order valence-electron chi connectivity index (χ0n) is 9.71. The molecule has 0 radical (unpaired) electrons. The van der Waals surface area contributed by atoms with Crippen LogP contribution in [0.5, 0.6) is 0 Å². The number of quaternary nitrogens is 1. The van der Waals surface area contributed by atoms with E-state index in [1.54, 1.807) is 7.05 Å². The maximum absolute atomic E-state index is 11.7. The molecule has 18 heavy (non-hydrogen) atoms. The van der Waals surface area contributed by atoms with Gasteiger partial charge in [-0.1, -0.05) is 0 Å². The van der Waals surface area contributed by atoms with Crippen LogP contribution in [-0.4, -0.2) is 36.8 Å². The molecule has 1 rings (SSSR count). The minimum Gasteiger partial charge on any atom is -0.544 e. The number of benzene rings is 1. The molecular formula is C11H12N2O5. The Kier molecular flexibility index (Phi) is 4.50. The number of nitro benzene ring substituents is 1. The van der Waals surface area contributed by atoms with Gasteiger partial charge >= 0.3 is 0 Å². The molecule has 0 heterocycles. The zero-order chi connectivity index (χ0) is 13.7. The first-order chi connectivity index (χ1) is 8.40. The molecule has 0 aliphatic heterocycles. The highest BCUT2D eigenvalue weighted by atomic mass is 16.6. The van der Waals surface area contributed by atoms with Crippen molar-refractivity contribution >= 4 is 17.4 Å². The second-order valence-corrected chi connectivity index (χ2v) is 3.91. The smallest absolute Gasteiger partial charge is 0.269 e. The Bertz CT molecular complexity index is 469. The zero-order valence-corrected chi connectivity index (χ0v) is 9.71. The van der Waals surface area contributed by atoms with Crippen LogP contribution >= 0.6 is 0 Å². The molecule has 0 spiro atoms. The predicted octanol–water partition coefficient (Wildman–Crippen LogP) is -1.96. The van der Waals surface area contributed by atoms with Crippen molar-refractivity contribution < 1.29 is 24.5 Å². The molecule has 0 saturated heterocycles. The van der Waals surface area contributed by atoms with Crippen LogP contribution in [0.15, 0.2) is 24.3 Å². The number of hydrogen-bond donors (Lipinski definition) is 1. The second kappa shape index (κ2) is 5.87. The van der Waals surface area contributed by atoms with Gasteiger partial charge in [0.2, 0.25) is 5.78 Å². The number of hydrogen-bond acceptors (Lipinski definition) is 5. The van der Waals surface area contributed by atoms with E-state index < -0.39 is 10.9 Å². The van der Waals surface area contributed by atoms with Gasteiger partial charge in [-0.15, -0.1) is 0 Å². The molecule has 7 nitrogen and oxygen atoms in total. The molecule has 0 aliphatic rings. The number of carbonyl (C=O) groups is 2. The fraction of sp³-hybridized carbons (Fsp3) is 0.273. The molecule has 0 aromatic heterocycles. The third kappa shape index (κ3) is 3.95. The molecule has 7 heteroatoms. The molecule has 0 saturated carbocycles. The highest BCUT2D eigenvalue weighted by Gasteiger charge is 2.14. The summed E-state index contributed by atoms with van der Waals surface area (Å²) in [6, 6.07) is 5.18. The largest absolute Gasteiger partial charge is 0.544 e. The number of nitro groups is 1. The van der Waals surface area contributed by atoms with Gasteiger partial charge in [0.05, 0.1) is 17.9 Å². The van der Waals surface area contributed by atoms with E-state index in [2.05, 4.69) is 0 Å². The lowest BCUT2D eigenvalue weighted by Crippen LogP contribution is -3.11. The number of carboxylic acids is 1. The summed E-state index contributed by atoms with van der Waals surface area (Å²) in [4.78, 5) is 32.4. The molecule has 1 unspecified atom stereocenters. The van der Waals surface area contributed by atoms with Gasteiger partial charge in [0.25, 0.3) is 5.69 Å². The number of aliphatic carboxylic acids is 1. The van der Waals surface area contributed by atoms with Crippen LogP contribution in [0, 0.1) is 10.1 Å². The molecule has 1 aromatic carbocycles. The number of nitrogens with one attached hydrogen (secondary N) is 1. The van der Waals surface area contributed by atoms with Crippen molar-refractivity contribution in [3.63, 3.8) is 0 Å². The highest BCUT2D eigenvalue weighted by Crippen LogP contribution is 2.11. The summed E-state index contributed by atoms with van der Waals surface area (Å²) >= 11 is 0. The van der Waals surface area contributed by atoms with Gasteiger partial charge < -0.3 is 14.8 Å². The number of carbonyl (C=O) groups excluding carboxylic acids is 2. The molecule has 1 aromatic rings. The van der Waals surface area contributed by atoms with Gasteiger partial charge in [0.1, 0.15) is 13.1 Å². The number of carboxylic acid groups (broad SMARTS) is 1. The van der Waals surface area contributed by atoms with Crippen molar-refractivity contribution in [2.75, 3.05) is 20.1 Å². The van der Waals surface area contributed by atoms with Gasteiger partial charge in [0, 0.05) is 17.7 Å². The summed E-state index contributed by atoms with van der Waals surface area (Å²) in [6.45, 7) is -0.273. The van der Waals surface area contributed by atoms with Gasteiger partial charge in [-0.2, -0.15) is 0 Å². The van der Waals surface area contributed by atoms with Crippen molar-refractivity contribution in [2.24, 2.45) is 0 Å². The minimum absolute atomic E-state index is 0.00814. The van der Waals surface area contributed by atoms with Crippen LogP contribution < -0.4 is 10.0 Å². The molecule has 0 aliphatic carbocycles. The van der Waals surface area contributed by atoms with E-state index in [1.165, 1.54) is 24.3 Å². The summed E-state index contributed by atoms with van der Waals surface area (Å²) in [7, 11) is 1.55. The normalized spacial score (nSPS) is 11.8. The van der Waals surface area contributed by atoms with Crippen molar-refractivity contribution in [2.45, 2.75) is 0 Å². The minimum atomic E-state index is -1.23. The Morgan fingerprint density at radius 1 is 1.22 bits per heavy atom. The van der Waals surface area contributed by atoms with E-state index in [0.717, 1.165) is 0 Å².